The number of hydrogen-bond acceptors (Lipinski definition) is 0. The maximum atomic E-state index is 3.98. The largest absolute Gasteiger partial charge is 0.0991 e. The van der Waals surface area contributed by atoms with Gasteiger partial charge in [-0.05, 0) is 33.4 Å². The van der Waals surface area contributed by atoms with Crippen molar-refractivity contribution in [3.05, 3.63) is 158 Å². The zero-order valence-electron chi connectivity index (χ0n) is 16.7. The molecule has 0 unspecified atom stereocenters. The third kappa shape index (κ3) is 3.34. The molecule has 0 nitrogen and oxygen atoms in total. The van der Waals surface area contributed by atoms with Gasteiger partial charge in [0.15, 0.2) is 0 Å². The maximum absolute atomic E-state index is 3.98. The van der Waals surface area contributed by atoms with Crippen LogP contribution in [0.5, 0.6) is 0 Å². The summed E-state index contributed by atoms with van der Waals surface area (Å²) < 4.78 is 0. The van der Waals surface area contributed by atoms with Gasteiger partial charge in [-0.1, -0.05) is 136 Å². The summed E-state index contributed by atoms with van der Waals surface area (Å²) in [5, 5.41) is 0. The van der Waals surface area contributed by atoms with Crippen molar-refractivity contribution in [1.29, 1.82) is 0 Å². The van der Waals surface area contributed by atoms with Crippen molar-refractivity contribution in [2.45, 2.75) is 5.41 Å². The predicted molar refractivity (Wildman–Crippen MR) is 128 cm³/mol. The van der Waals surface area contributed by atoms with E-state index in [1.165, 1.54) is 22.3 Å². The Morgan fingerprint density at radius 3 is 1.38 bits per heavy atom. The van der Waals surface area contributed by atoms with Crippen molar-refractivity contribution in [3.8, 4) is 11.1 Å². The number of rotatable bonds is 8. The van der Waals surface area contributed by atoms with Crippen molar-refractivity contribution in [3.63, 3.8) is 0 Å². The lowest BCUT2D eigenvalue weighted by atomic mass is 9.66. The van der Waals surface area contributed by atoms with Crippen molar-refractivity contribution >= 4 is 0 Å². The lowest BCUT2D eigenvalue weighted by molar-refractivity contribution is 0.765. The van der Waals surface area contributed by atoms with Gasteiger partial charge < -0.3 is 0 Å². The molecular formula is C29H26. The highest BCUT2D eigenvalue weighted by molar-refractivity contribution is 5.87. The summed E-state index contributed by atoms with van der Waals surface area (Å²) in [6.07, 6.45) is 19.6. The van der Waals surface area contributed by atoms with E-state index in [-0.39, 0.29) is 0 Å². The summed E-state index contributed by atoms with van der Waals surface area (Å²) >= 11 is 0. The van der Waals surface area contributed by atoms with Crippen LogP contribution in [0.15, 0.2) is 147 Å². The van der Waals surface area contributed by atoms with E-state index in [2.05, 4.69) is 99.2 Å². The van der Waals surface area contributed by atoms with E-state index in [0.29, 0.717) is 0 Å². The van der Waals surface area contributed by atoms with Crippen LogP contribution in [0.2, 0.25) is 0 Å². The lowest BCUT2D eigenvalue weighted by Crippen LogP contribution is -2.29. The predicted octanol–water partition coefficient (Wildman–Crippen LogP) is 7.66. The highest BCUT2D eigenvalue weighted by atomic mass is 14.5. The van der Waals surface area contributed by atoms with Crippen LogP contribution in [0.1, 0.15) is 11.1 Å². The first-order valence-corrected chi connectivity index (χ1v) is 9.69. The van der Waals surface area contributed by atoms with Crippen LogP contribution in [-0.2, 0) is 5.41 Å². The SMILES string of the molecule is C=C/C=C\C(=C/C=C)C1(C(/C=C\C=C)=C/C=C)c2ccccc2-c2ccccc21. The van der Waals surface area contributed by atoms with E-state index in [4.69, 9.17) is 0 Å². The number of fused-ring (bicyclic) bond motifs is 3. The van der Waals surface area contributed by atoms with Crippen LogP contribution in [0, 0.1) is 0 Å². The van der Waals surface area contributed by atoms with E-state index in [1.807, 2.05) is 24.3 Å². The molecule has 142 valence electrons. The smallest absolute Gasteiger partial charge is 0.0713 e. The average molecular weight is 375 g/mol. The van der Waals surface area contributed by atoms with Gasteiger partial charge in [-0.25, -0.2) is 0 Å². The fourth-order valence-corrected chi connectivity index (χ4v) is 4.23. The maximum Gasteiger partial charge on any atom is 0.0713 e. The Labute approximate surface area is 174 Å². The fourth-order valence-electron chi connectivity index (χ4n) is 4.23. The number of benzene rings is 2. The molecule has 2 aromatic rings. The molecule has 2 aromatic carbocycles. The summed E-state index contributed by atoms with van der Waals surface area (Å²) in [5.74, 6) is 0. The highest BCUT2D eigenvalue weighted by Crippen LogP contribution is 2.57. The van der Waals surface area contributed by atoms with Gasteiger partial charge in [0.25, 0.3) is 0 Å². The monoisotopic (exact) mass is 374 g/mol. The Hall–Kier alpha value is -3.64. The molecule has 0 aliphatic heterocycles. The van der Waals surface area contributed by atoms with Gasteiger partial charge in [0.2, 0.25) is 0 Å². The zero-order valence-corrected chi connectivity index (χ0v) is 16.7. The van der Waals surface area contributed by atoms with Crippen LogP contribution in [-0.4, -0.2) is 0 Å². The minimum absolute atomic E-state index is 0.491. The molecule has 0 radical (unpaired) electrons. The van der Waals surface area contributed by atoms with Gasteiger partial charge in [0.05, 0.1) is 5.41 Å². The molecule has 1 aliphatic carbocycles. The van der Waals surface area contributed by atoms with Gasteiger partial charge in [-0.2, -0.15) is 0 Å². The Kier molecular flexibility index (Phi) is 6.26. The first-order chi connectivity index (χ1) is 14.2. The molecule has 0 spiro atoms. The van der Waals surface area contributed by atoms with Crippen LogP contribution in [0.4, 0.5) is 0 Å². The molecule has 3 rings (SSSR count). The van der Waals surface area contributed by atoms with Crippen molar-refractivity contribution < 1.29 is 0 Å². The van der Waals surface area contributed by atoms with Gasteiger partial charge in [0, 0.05) is 0 Å². The molecule has 0 aromatic heterocycles. The second-order valence-corrected chi connectivity index (χ2v) is 6.75. The van der Waals surface area contributed by atoms with Gasteiger partial charge >= 0.3 is 0 Å². The van der Waals surface area contributed by atoms with Gasteiger partial charge in [0.1, 0.15) is 0 Å². The van der Waals surface area contributed by atoms with Gasteiger partial charge in [-0.15, -0.1) is 0 Å². The Morgan fingerprint density at radius 1 is 0.586 bits per heavy atom. The second-order valence-electron chi connectivity index (χ2n) is 6.75. The molecule has 0 heteroatoms. The minimum atomic E-state index is -0.491. The molecule has 29 heavy (non-hydrogen) atoms. The molecule has 0 bridgehead atoms. The first-order valence-electron chi connectivity index (χ1n) is 9.69. The highest BCUT2D eigenvalue weighted by Gasteiger charge is 2.46. The van der Waals surface area contributed by atoms with Crippen molar-refractivity contribution in [2.75, 3.05) is 0 Å². The third-order valence-electron chi connectivity index (χ3n) is 5.24. The van der Waals surface area contributed by atoms with E-state index in [9.17, 15) is 0 Å². The Morgan fingerprint density at radius 2 is 1.00 bits per heavy atom. The average Bonchev–Trinajstić information content (AvgIpc) is 3.05. The fraction of sp³-hybridized carbons (Fsp3) is 0.0345. The second kappa shape index (κ2) is 9.03. The summed E-state index contributed by atoms with van der Waals surface area (Å²) in [6.45, 7) is 15.7. The molecule has 0 heterocycles. The topological polar surface area (TPSA) is 0 Å². The van der Waals surface area contributed by atoms with E-state index < -0.39 is 5.41 Å². The summed E-state index contributed by atoms with van der Waals surface area (Å²) in [6, 6.07) is 17.2. The van der Waals surface area contributed by atoms with Gasteiger partial charge in [-0.3, -0.25) is 0 Å². The van der Waals surface area contributed by atoms with Crippen LogP contribution < -0.4 is 0 Å². The van der Waals surface area contributed by atoms with Crippen molar-refractivity contribution in [2.24, 2.45) is 0 Å². The van der Waals surface area contributed by atoms with Crippen LogP contribution >= 0.6 is 0 Å². The molecule has 1 aliphatic rings. The normalized spacial score (nSPS) is 15.2. The Balaban J connectivity index is 2.54. The third-order valence-corrected chi connectivity index (χ3v) is 5.24. The summed E-state index contributed by atoms with van der Waals surface area (Å²) in [7, 11) is 0. The molecule has 0 atom stereocenters. The molecule has 0 N–H and O–H groups in total. The molecular weight excluding hydrogens is 348 g/mol. The van der Waals surface area contributed by atoms with E-state index >= 15 is 0 Å². The number of allylic oxidation sites excluding steroid dienone is 12. The van der Waals surface area contributed by atoms with Crippen LogP contribution in [0.3, 0.4) is 0 Å². The Bertz CT molecular complexity index is 979. The molecule has 0 saturated heterocycles. The van der Waals surface area contributed by atoms with E-state index in [0.717, 1.165) is 11.1 Å². The minimum Gasteiger partial charge on any atom is -0.0991 e. The quantitative estimate of drug-likeness (QED) is 0.416. The molecule has 0 fully saturated rings. The standard InChI is InChI=1S/C29H26/c1-5-9-17-23(15-7-3)29(24(16-8-4)18-10-6-2)27-21-13-11-19-25(27)26-20-12-14-22-28(26)29/h5-22H,1-4H2/b17-9-,18-10-,23-15+,24-16+. The molecule has 0 amide bonds. The zero-order chi connectivity index (χ0) is 20.7. The van der Waals surface area contributed by atoms with E-state index in [1.54, 1.807) is 12.2 Å². The van der Waals surface area contributed by atoms with Crippen LogP contribution in [0.25, 0.3) is 11.1 Å². The molecule has 0 saturated carbocycles. The summed E-state index contributed by atoms with van der Waals surface area (Å²) in [4.78, 5) is 0. The summed E-state index contributed by atoms with van der Waals surface area (Å²) in [5.41, 5.74) is 6.71. The first kappa shape index (κ1) is 20.1. The number of hydrogen-bond donors (Lipinski definition) is 0. The lowest BCUT2D eigenvalue weighted by Gasteiger charge is -2.35. The van der Waals surface area contributed by atoms with Crippen molar-refractivity contribution in [1.82, 2.24) is 0 Å².